The Bertz CT molecular complexity index is 897. The second-order valence-corrected chi connectivity index (χ2v) is 5.66. The highest BCUT2D eigenvalue weighted by Crippen LogP contribution is 2.18. The van der Waals surface area contributed by atoms with Crippen LogP contribution in [-0.4, -0.2) is 10.9 Å². The summed E-state index contributed by atoms with van der Waals surface area (Å²) in [6, 6.07) is 20.5. The Balaban J connectivity index is 1.69. The van der Waals surface area contributed by atoms with Gasteiger partial charge < -0.3 is 10.3 Å². The number of aromatic nitrogens is 1. The molecule has 120 valence electrons. The van der Waals surface area contributed by atoms with E-state index in [9.17, 15) is 9.59 Å². The van der Waals surface area contributed by atoms with Crippen LogP contribution < -0.4 is 10.9 Å². The zero-order valence-electron chi connectivity index (χ0n) is 13.4. The Labute approximate surface area is 140 Å². The van der Waals surface area contributed by atoms with E-state index in [-0.39, 0.29) is 11.5 Å². The maximum Gasteiger partial charge on any atom is 0.251 e. The molecule has 0 fully saturated rings. The number of benzene rings is 2. The van der Waals surface area contributed by atoms with Gasteiger partial charge in [0.05, 0.1) is 0 Å². The first-order chi connectivity index (χ1) is 11.6. The lowest BCUT2D eigenvalue weighted by molar-refractivity contribution is 0.0951. The summed E-state index contributed by atoms with van der Waals surface area (Å²) in [6.07, 6.45) is 0. The van der Waals surface area contributed by atoms with Crippen LogP contribution in [0.4, 0.5) is 0 Å². The fourth-order valence-corrected chi connectivity index (χ4v) is 2.54. The summed E-state index contributed by atoms with van der Waals surface area (Å²) in [7, 11) is 0. The summed E-state index contributed by atoms with van der Waals surface area (Å²) in [6.45, 7) is 2.32. The van der Waals surface area contributed by atoms with Crippen LogP contribution in [0.15, 0.2) is 71.5 Å². The number of carbonyl (C=O) groups is 1. The molecule has 4 heteroatoms. The van der Waals surface area contributed by atoms with Crippen molar-refractivity contribution in [2.45, 2.75) is 13.5 Å². The summed E-state index contributed by atoms with van der Waals surface area (Å²) >= 11 is 0. The summed E-state index contributed by atoms with van der Waals surface area (Å²) < 4.78 is 0. The molecule has 1 amide bonds. The smallest absolute Gasteiger partial charge is 0.251 e. The van der Waals surface area contributed by atoms with Crippen LogP contribution in [0.2, 0.25) is 0 Å². The van der Waals surface area contributed by atoms with Crippen LogP contribution in [0, 0.1) is 6.92 Å². The minimum Gasteiger partial charge on any atom is -0.348 e. The first-order valence-electron chi connectivity index (χ1n) is 7.75. The summed E-state index contributed by atoms with van der Waals surface area (Å²) in [5.74, 6) is -0.0927. The number of hydrogen-bond acceptors (Lipinski definition) is 2. The molecule has 0 atom stereocenters. The van der Waals surface area contributed by atoms with Gasteiger partial charge >= 0.3 is 0 Å². The molecule has 0 spiro atoms. The maximum atomic E-state index is 12.0. The highest BCUT2D eigenvalue weighted by molar-refractivity contribution is 5.94. The Morgan fingerprint density at radius 1 is 0.958 bits per heavy atom. The van der Waals surface area contributed by atoms with Crippen LogP contribution in [-0.2, 0) is 6.54 Å². The van der Waals surface area contributed by atoms with Crippen LogP contribution in [0.1, 0.15) is 21.6 Å². The molecule has 2 N–H and O–H groups in total. The van der Waals surface area contributed by atoms with E-state index in [0.717, 1.165) is 22.4 Å². The molecule has 1 aromatic heterocycles. The molecule has 0 saturated carbocycles. The number of carbonyl (C=O) groups excluding carboxylic acids is 1. The van der Waals surface area contributed by atoms with E-state index in [1.807, 2.05) is 55.5 Å². The molecule has 0 radical (unpaired) electrons. The van der Waals surface area contributed by atoms with Crippen molar-refractivity contribution in [3.8, 4) is 11.1 Å². The quantitative estimate of drug-likeness (QED) is 0.775. The summed E-state index contributed by atoms with van der Waals surface area (Å²) in [5, 5.41) is 2.90. The van der Waals surface area contributed by atoms with Gasteiger partial charge in [-0.05, 0) is 41.8 Å². The zero-order valence-corrected chi connectivity index (χ0v) is 13.4. The molecule has 0 saturated heterocycles. The molecule has 0 bridgehead atoms. The lowest BCUT2D eigenvalue weighted by Gasteiger charge is -2.07. The molecular formula is C20H18N2O2. The minimum absolute atomic E-state index is 0.0927. The first kappa shape index (κ1) is 15.7. The predicted molar refractivity (Wildman–Crippen MR) is 94.8 cm³/mol. The second kappa shape index (κ2) is 6.96. The summed E-state index contributed by atoms with van der Waals surface area (Å²) in [4.78, 5) is 26.3. The molecule has 0 aliphatic carbocycles. The molecule has 0 aliphatic rings. The highest BCUT2D eigenvalue weighted by Gasteiger charge is 2.05. The minimum atomic E-state index is -0.107. The van der Waals surface area contributed by atoms with E-state index in [1.165, 1.54) is 0 Å². The monoisotopic (exact) mass is 318 g/mol. The van der Waals surface area contributed by atoms with Crippen LogP contribution in [0.5, 0.6) is 0 Å². The number of hydrogen-bond donors (Lipinski definition) is 2. The molecule has 0 aliphatic heterocycles. The molecule has 1 heterocycles. The molecule has 3 rings (SSSR count). The van der Waals surface area contributed by atoms with Gasteiger partial charge in [0, 0.05) is 23.9 Å². The van der Waals surface area contributed by atoms with Crippen molar-refractivity contribution in [1.82, 2.24) is 10.3 Å². The molecule has 0 unspecified atom stereocenters. The Kier molecular flexibility index (Phi) is 4.57. The van der Waals surface area contributed by atoms with Crippen molar-refractivity contribution in [1.29, 1.82) is 0 Å². The van der Waals surface area contributed by atoms with Crippen LogP contribution in [0.25, 0.3) is 11.1 Å². The van der Waals surface area contributed by atoms with Crippen LogP contribution >= 0.6 is 0 Å². The fourth-order valence-electron chi connectivity index (χ4n) is 2.54. The lowest BCUT2D eigenvalue weighted by atomic mass is 10.0. The number of pyridine rings is 1. The van der Waals surface area contributed by atoms with E-state index < -0.39 is 0 Å². The normalized spacial score (nSPS) is 10.4. The molecule has 2 aromatic carbocycles. The third-order valence-corrected chi connectivity index (χ3v) is 3.76. The lowest BCUT2D eigenvalue weighted by Crippen LogP contribution is -2.22. The van der Waals surface area contributed by atoms with Gasteiger partial charge in [0.25, 0.3) is 5.91 Å². The van der Waals surface area contributed by atoms with Crippen molar-refractivity contribution in [3.05, 3.63) is 93.9 Å². The van der Waals surface area contributed by atoms with E-state index in [0.29, 0.717) is 12.1 Å². The van der Waals surface area contributed by atoms with Crippen molar-refractivity contribution in [2.24, 2.45) is 0 Å². The average Bonchev–Trinajstić information content (AvgIpc) is 2.60. The third-order valence-electron chi connectivity index (χ3n) is 3.76. The van der Waals surface area contributed by atoms with Gasteiger partial charge in [-0.25, -0.2) is 0 Å². The number of aryl methyl sites for hydroxylation is 1. The Morgan fingerprint density at radius 3 is 2.33 bits per heavy atom. The van der Waals surface area contributed by atoms with Crippen LogP contribution in [0.3, 0.4) is 0 Å². The van der Waals surface area contributed by atoms with Gasteiger partial charge in [0.15, 0.2) is 0 Å². The van der Waals surface area contributed by atoms with Crippen molar-refractivity contribution < 1.29 is 4.79 Å². The van der Waals surface area contributed by atoms with Crippen molar-refractivity contribution in [2.75, 3.05) is 0 Å². The van der Waals surface area contributed by atoms with E-state index >= 15 is 0 Å². The Morgan fingerprint density at radius 2 is 1.67 bits per heavy atom. The number of aromatic amines is 1. The molecular weight excluding hydrogens is 300 g/mol. The Hall–Kier alpha value is -3.14. The van der Waals surface area contributed by atoms with E-state index in [2.05, 4.69) is 10.3 Å². The SMILES string of the molecule is Cc1cc(-c2ccc(CNC(=O)c3ccccc3)cc2)cc(=O)[nH]1. The van der Waals surface area contributed by atoms with Gasteiger partial charge in [0.1, 0.15) is 0 Å². The van der Waals surface area contributed by atoms with Gasteiger partial charge in [-0.15, -0.1) is 0 Å². The fraction of sp³-hybridized carbons (Fsp3) is 0.100. The number of H-pyrrole nitrogens is 1. The van der Waals surface area contributed by atoms with Gasteiger partial charge in [-0.2, -0.15) is 0 Å². The second-order valence-electron chi connectivity index (χ2n) is 5.66. The number of rotatable bonds is 4. The molecule has 4 nitrogen and oxygen atoms in total. The van der Waals surface area contributed by atoms with E-state index in [4.69, 9.17) is 0 Å². The molecule has 3 aromatic rings. The van der Waals surface area contributed by atoms with Crippen molar-refractivity contribution in [3.63, 3.8) is 0 Å². The number of amides is 1. The standard InChI is InChI=1S/C20H18N2O2/c1-14-11-18(12-19(23)22-14)16-9-7-15(8-10-16)13-21-20(24)17-5-3-2-4-6-17/h2-12H,13H2,1H3,(H,21,24)(H,22,23). The van der Waals surface area contributed by atoms with E-state index in [1.54, 1.807) is 18.2 Å². The van der Waals surface area contributed by atoms with Gasteiger partial charge in [0.2, 0.25) is 5.56 Å². The highest BCUT2D eigenvalue weighted by atomic mass is 16.1. The molecule has 24 heavy (non-hydrogen) atoms. The van der Waals surface area contributed by atoms with Gasteiger partial charge in [-0.1, -0.05) is 42.5 Å². The summed E-state index contributed by atoms with van der Waals surface area (Å²) in [5.41, 5.74) is 4.23. The first-order valence-corrected chi connectivity index (χ1v) is 7.75. The third kappa shape index (κ3) is 3.79. The predicted octanol–water partition coefficient (Wildman–Crippen LogP) is 3.28. The largest absolute Gasteiger partial charge is 0.348 e. The number of nitrogens with one attached hydrogen (secondary N) is 2. The van der Waals surface area contributed by atoms with Crippen molar-refractivity contribution >= 4 is 5.91 Å². The van der Waals surface area contributed by atoms with Gasteiger partial charge in [-0.3, -0.25) is 9.59 Å². The average molecular weight is 318 g/mol. The topological polar surface area (TPSA) is 62.0 Å². The maximum absolute atomic E-state index is 12.0. The zero-order chi connectivity index (χ0) is 16.9.